The molecule has 7 nitrogen and oxygen atoms in total. The van der Waals surface area contributed by atoms with Gasteiger partial charge in [-0.15, -0.1) is 0 Å². The Labute approximate surface area is 126 Å². The van der Waals surface area contributed by atoms with Gasteiger partial charge in [-0.2, -0.15) is 0 Å². The molecule has 7 heteroatoms. The monoisotopic (exact) mass is 302 g/mol. The number of hydrogen-bond acceptors (Lipinski definition) is 5. The third-order valence-corrected chi connectivity index (χ3v) is 3.89. The first-order chi connectivity index (χ1) is 10.5. The molecule has 1 saturated heterocycles. The minimum atomic E-state index is -0.969. The summed E-state index contributed by atoms with van der Waals surface area (Å²) in [5.74, 6) is -1.80. The van der Waals surface area contributed by atoms with Crippen molar-refractivity contribution in [2.45, 2.75) is 25.3 Å². The first kappa shape index (κ1) is 14.2. The number of fused-ring (bicyclic) bond motifs is 1. The van der Waals surface area contributed by atoms with Crippen molar-refractivity contribution < 1.29 is 23.9 Å². The summed E-state index contributed by atoms with van der Waals surface area (Å²) in [6, 6.07) is 3.76. The highest BCUT2D eigenvalue weighted by molar-refractivity contribution is 6.24. The van der Waals surface area contributed by atoms with Crippen molar-refractivity contribution in [1.29, 1.82) is 0 Å². The minimum absolute atomic E-state index is 0.165. The smallest absolute Gasteiger partial charge is 0.266 e. The average Bonchev–Trinajstić information content (AvgIpc) is 2.64. The van der Waals surface area contributed by atoms with E-state index in [1.807, 2.05) is 0 Å². The zero-order valence-corrected chi connectivity index (χ0v) is 11.9. The van der Waals surface area contributed by atoms with E-state index < -0.39 is 23.8 Å². The molecule has 2 aliphatic heterocycles. The summed E-state index contributed by atoms with van der Waals surface area (Å²) in [5, 5.41) is 2.21. The van der Waals surface area contributed by atoms with Crippen LogP contribution in [0.15, 0.2) is 18.2 Å². The lowest BCUT2D eigenvalue weighted by Gasteiger charge is -2.23. The molecular formula is C15H14N2O5. The second-order valence-electron chi connectivity index (χ2n) is 5.18. The van der Waals surface area contributed by atoms with Crippen molar-refractivity contribution in [3.05, 3.63) is 29.3 Å². The number of methoxy groups -OCH3 is 1. The number of nitrogens with one attached hydrogen (secondary N) is 1. The molecule has 0 aliphatic carbocycles. The lowest BCUT2D eigenvalue weighted by Crippen LogP contribution is -2.49. The van der Waals surface area contributed by atoms with Crippen molar-refractivity contribution in [3.8, 4) is 5.75 Å². The van der Waals surface area contributed by atoms with Crippen LogP contribution in [0, 0.1) is 0 Å². The van der Waals surface area contributed by atoms with E-state index in [2.05, 4.69) is 5.32 Å². The summed E-state index contributed by atoms with van der Waals surface area (Å²) in [5.41, 5.74) is 0.381. The van der Waals surface area contributed by atoms with Gasteiger partial charge < -0.3 is 4.74 Å². The van der Waals surface area contributed by atoms with Gasteiger partial charge >= 0.3 is 0 Å². The van der Waals surface area contributed by atoms with E-state index in [-0.39, 0.29) is 29.9 Å². The Morgan fingerprint density at radius 3 is 2.68 bits per heavy atom. The van der Waals surface area contributed by atoms with Crippen LogP contribution in [0.25, 0.3) is 0 Å². The fourth-order valence-electron chi connectivity index (χ4n) is 2.84. The first-order valence-corrected chi connectivity index (χ1v) is 6.93. The zero-order valence-electron chi connectivity index (χ0n) is 11.9. The van der Waals surface area contributed by atoms with E-state index in [4.69, 9.17) is 4.74 Å². The number of rotatable bonds is 2. The van der Waals surface area contributed by atoms with Crippen molar-refractivity contribution in [3.63, 3.8) is 0 Å². The van der Waals surface area contributed by atoms with E-state index in [1.165, 1.54) is 13.2 Å². The summed E-state index contributed by atoms with van der Waals surface area (Å²) in [6.07, 6.45) is 0.910. The second-order valence-corrected chi connectivity index (χ2v) is 5.18. The van der Waals surface area contributed by atoms with Crippen LogP contribution in [0.4, 0.5) is 0 Å². The van der Waals surface area contributed by atoms with Gasteiger partial charge in [0.2, 0.25) is 11.8 Å². The van der Waals surface area contributed by atoms with E-state index in [0.717, 1.165) is 4.90 Å². The Bertz CT molecular complexity index is 697. The number of amides is 4. The maximum absolute atomic E-state index is 12.6. The molecule has 22 heavy (non-hydrogen) atoms. The number of carbonyl (C=O) groups is 4. The fourth-order valence-corrected chi connectivity index (χ4v) is 2.84. The summed E-state index contributed by atoms with van der Waals surface area (Å²) in [7, 11) is 1.41. The van der Waals surface area contributed by atoms with Gasteiger partial charge in [0.1, 0.15) is 11.8 Å². The largest absolute Gasteiger partial charge is 0.496 e. The van der Waals surface area contributed by atoms with E-state index in [9.17, 15) is 19.2 Å². The van der Waals surface area contributed by atoms with Crippen molar-refractivity contribution in [1.82, 2.24) is 10.2 Å². The molecule has 1 fully saturated rings. The lowest BCUT2D eigenvalue weighted by atomic mass is 10.1. The molecule has 2 heterocycles. The van der Waals surface area contributed by atoms with E-state index in [1.54, 1.807) is 12.1 Å². The van der Waals surface area contributed by atoms with Gasteiger partial charge in [-0.1, -0.05) is 6.07 Å². The number of imide groups is 2. The quantitative estimate of drug-likeness (QED) is 0.802. The van der Waals surface area contributed by atoms with Gasteiger partial charge in [0, 0.05) is 6.42 Å². The molecule has 114 valence electrons. The highest BCUT2D eigenvalue weighted by Crippen LogP contribution is 2.33. The maximum Gasteiger partial charge on any atom is 0.266 e. The van der Waals surface area contributed by atoms with Crippen LogP contribution in [-0.4, -0.2) is 41.7 Å². The van der Waals surface area contributed by atoms with Crippen LogP contribution >= 0.6 is 0 Å². The lowest BCUT2D eigenvalue weighted by molar-refractivity contribution is -0.131. The van der Waals surface area contributed by atoms with E-state index in [0.29, 0.717) is 12.2 Å². The zero-order chi connectivity index (χ0) is 15.9. The number of ether oxygens (including phenoxy) is 1. The third kappa shape index (κ3) is 2.05. The molecule has 0 radical (unpaired) electrons. The van der Waals surface area contributed by atoms with Gasteiger partial charge in [0.25, 0.3) is 11.8 Å². The number of benzene rings is 1. The molecule has 1 N–H and O–H groups in total. The Morgan fingerprint density at radius 1 is 1.18 bits per heavy atom. The minimum Gasteiger partial charge on any atom is -0.496 e. The maximum atomic E-state index is 12.6. The predicted octanol–water partition coefficient (Wildman–Crippen LogP) is 0.486. The third-order valence-electron chi connectivity index (χ3n) is 3.89. The molecule has 0 saturated carbocycles. The van der Waals surface area contributed by atoms with Crippen LogP contribution in [-0.2, 0) is 9.59 Å². The average molecular weight is 302 g/mol. The van der Waals surface area contributed by atoms with Gasteiger partial charge in [-0.05, 0) is 25.0 Å². The van der Waals surface area contributed by atoms with Crippen LogP contribution in [0.3, 0.4) is 0 Å². The topological polar surface area (TPSA) is 92.8 Å². The van der Waals surface area contributed by atoms with Crippen LogP contribution in [0.1, 0.15) is 40.0 Å². The molecule has 0 aromatic heterocycles. The van der Waals surface area contributed by atoms with Gasteiger partial charge in [0.15, 0.2) is 0 Å². The van der Waals surface area contributed by atoms with Crippen LogP contribution in [0.5, 0.6) is 5.75 Å². The SMILES string of the molecule is COc1cccc2c1C(=O)N(C1CCCC(=O)NC1=O)C2=O. The van der Waals surface area contributed by atoms with Crippen LogP contribution in [0.2, 0.25) is 0 Å². The molecule has 3 rings (SSSR count). The molecular weight excluding hydrogens is 288 g/mol. The number of hydrogen-bond donors (Lipinski definition) is 1. The molecule has 1 atom stereocenters. The molecule has 1 unspecified atom stereocenters. The fraction of sp³-hybridized carbons (Fsp3) is 0.333. The highest BCUT2D eigenvalue weighted by atomic mass is 16.5. The van der Waals surface area contributed by atoms with Gasteiger partial charge in [-0.3, -0.25) is 29.4 Å². The van der Waals surface area contributed by atoms with Crippen molar-refractivity contribution in [2.75, 3.05) is 7.11 Å². The normalized spacial score (nSPS) is 21.5. The summed E-state index contributed by atoms with van der Waals surface area (Å²) >= 11 is 0. The van der Waals surface area contributed by atoms with Crippen LogP contribution < -0.4 is 10.1 Å². The molecule has 4 amide bonds. The van der Waals surface area contributed by atoms with Gasteiger partial charge in [-0.25, -0.2) is 0 Å². The standard InChI is InChI=1S/C15H14N2O5/c1-22-10-6-2-4-8-12(10)15(21)17(14(8)20)9-5-3-7-11(18)16-13(9)19/h2,4,6,9H,3,5,7H2,1H3,(H,16,18,19). The van der Waals surface area contributed by atoms with E-state index >= 15 is 0 Å². The first-order valence-electron chi connectivity index (χ1n) is 6.93. The Hall–Kier alpha value is -2.70. The van der Waals surface area contributed by atoms with Crippen molar-refractivity contribution in [2.24, 2.45) is 0 Å². The van der Waals surface area contributed by atoms with Gasteiger partial charge in [0.05, 0.1) is 18.2 Å². The Morgan fingerprint density at radius 2 is 1.95 bits per heavy atom. The molecule has 1 aromatic carbocycles. The molecule has 1 aromatic rings. The Kier molecular flexibility index (Phi) is 3.40. The summed E-state index contributed by atoms with van der Waals surface area (Å²) < 4.78 is 5.13. The van der Waals surface area contributed by atoms with Crippen molar-refractivity contribution >= 4 is 23.6 Å². The second kappa shape index (κ2) is 5.25. The molecule has 0 spiro atoms. The predicted molar refractivity (Wildman–Crippen MR) is 74.3 cm³/mol. The highest BCUT2D eigenvalue weighted by Gasteiger charge is 2.45. The molecule has 0 bridgehead atoms. The number of carbonyl (C=O) groups excluding carboxylic acids is 4. The summed E-state index contributed by atoms with van der Waals surface area (Å²) in [6.45, 7) is 0. The molecule has 2 aliphatic rings. The summed E-state index contributed by atoms with van der Waals surface area (Å²) in [4.78, 5) is 49.5. The Balaban J connectivity index is 2.00. The number of nitrogens with zero attached hydrogens (tertiary/aromatic N) is 1.